The molecular weight excluding hydrogens is 266 g/mol. The van der Waals surface area contributed by atoms with Gasteiger partial charge in [0.15, 0.2) is 0 Å². The topological polar surface area (TPSA) is 20.3 Å². The second-order valence-electron chi connectivity index (χ2n) is 5.75. The molecule has 2 nitrogen and oxygen atoms in total. The molecular formula is C17H27NOS. The fourth-order valence-electron chi connectivity index (χ4n) is 2.47. The molecule has 0 spiro atoms. The van der Waals surface area contributed by atoms with E-state index in [-0.39, 0.29) is 5.91 Å². The Bertz CT molecular complexity index is 410. The first-order chi connectivity index (χ1) is 9.47. The predicted molar refractivity (Wildman–Crippen MR) is 88.3 cm³/mol. The molecule has 0 unspecified atom stereocenters. The van der Waals surface area contributed by atoms with Crippen LogP contribution in [0.1, 0.15) is 46.1 Å². The Morgan fingerprint density at radius 2 is 1.70 bits per heavy atom. The van der Waals surface area contributed by atoms with Crippen molar-refractivity contribution in [1.29, 1.82) is 0 Å². The number of hydrogen-bond donors (Lipinski definition) is 1. The van der Waals surface area contributed by atoms with E-state index in [4.69, 9.17) is 0 Å². The van der Waals surface area contributed by atoms with Gasteiger partial charge in [-0.05, 0) is 36.5 Å². The van der Waals surface area contributed by atoms with Gasteiger partial charge in [-0.15, -0.1) is 12.6 Å². The summed E-state index contributed by atoms with van der Waals surface area (Å²) in [4.78, 5) is 15.6. The van der Waals surface area contributed by atoms with Crippen LogP contribution in [0.2, 0.25) is 0 Å². The van der Waals surface area contributed by atoms with E-state index in [0.717, 1.165) is 29.8 Å². The molecule has 1 aromatic carbocycles. The largest absolute Gasteiger partial charge is 0.339 e. The van der Waals surface area contributed by atoms with Crippen LogP contribution in [0.25, 0.3) is 0 Å². The smallest absolute Gasteiger partial charge is 0.227 e. The van der Waals surface area contributed by atoms with Crippen LogP contribution in [0, 0.1) is 5.92 Å². The van der Waals surface area contributed by atoms with Crippen molar-refractivity contribution < 1.29 is 4.79 Å². The van der Waals surface area contributed by atoms with Gasteiger partial charge in [-0.3, -0.25) is 4.79 Å². The summed E-state index contributed by atoms with van der Waals surface area (Å²) in [5, 5.41) is 0. The Labute approximate surface area is 129 Å². The summed E-state index contributed by atoms with van der Waals surface area (Å²) in [5.74, 6) is 0.735. The molecule has 0 atom stereocenters. The van der Waals surface area contributed by atoms with Crippen LogP contribution in [0.5, 0.6) is 0 Å². The van der Waals surface area contributed by atoms with Crippen molar-refractivity contribution in [2.75, 3.05) is 6.54 Å². The van der Waals surface area contributed by atoms with Gasteiger partial charge in [0.05, 0.1) is 6.42 Å². The minimum absolute atomic E-state index is 0.235. The first kappa shape index (κ1) is 17.1. The zero-order valence-electron chi connectivity index (χ0n) is 13.1. The molecule has 0 aromatic heterocycles. The lowest BCUT2D eigenvalue weighted by Crippen LogP contribution is -2.42. The van der Waals surface area contributed by atoms with Gasteiger partial charge in [0.1, 0.15) is 0 Å². The number of hydrogen-bond acceptors (Lipinski definition) is 2. The maximum Gasteiger partial charge on any atom is 0.227 e. The van der Waals surface area contributed by atoms with Gasteiger partial charge in [-0.2, -0.15) is 0 Å². The third kappa shape index (κ3) is 5.20. The molecule has 3 heteroatoms. The summed E-state index contributed by atoms with van der Waals surface area (Å²) >= 11 is 4.28. The molecule has 0 saturated carbocycles. The van der Waals surface area contributed by atoms with E-state index in [1.165, 1.54) is 0 Å². The van der Waals surface area contributed by atoms with Crippen LogP contribution in [0.15, 0.2) is 29.2 Å². The first-order valence-corrected chi connectivity index (χ1v) is 8.00. The maximum atomic E-state index is 12.6. The number of rotatable bonds is 7. The zero-order valence-corrected chi connectivity index (χ0v) is 14.0. The van der Waals surface area contributed by atoms with Crippen molar-refractivity contribution in [3.63, 3.8) is 0 Å². The van der Waals surface area contributed by atoms with Gasteiger partial charge in [-0.1, -0.05) is 39.8 Å². The third-order valence-electron chi connectivity index (χ3n) is 3.56. The Kier molecular flexibility index (Phi) is 7.14. The Balaban J connectivity index is 2.79. The standard InChI is InChI=1S/C17H27NOS/c1-5-15(6-2)18(12-13(3)4)17(19)11-14-7-9-16(20)10-8-14/h7-10,13,15,20H,5-6,11-12H2,1-4H3. The van der Waals surface area contributed by atoms with Crippen LogP contribution in [0.3, 0.4) is 0 Å². The van der Waals surface area contributed by atoms with E-state index in [1.54, 1.807) is 0 Å². The highest BCUT2D eigenvalue weighted by Crippen LogP contribution is 2.15. The molecule has 0 N–H and O–H groups in total. The summed E-state index contributed by atoms with van der Waals surface area (Å²) < 4.78 is 0. The van der Waals surface area contributed by atoms with Crippen LogP contribution in [-0.4, -0.2) is 23.4 Å². The molecule has 0 radical (unpaired) electrons. The molecule has 0 aliphatic heterocycles. The highest BCUT2D eigenvalue weighted by Gasteiger charge is 2.21. The average Bonchev–Trinajstić information content (AvgIpc) is 2.41. The lowest BCUT2D eigenvalue weighted by Gasteiger charge is -2.32. The lowest BCUT2D eigenvalue weighted by atomic mass is 10.0. The lowest BCUT2D eigenvalue weighted by molar-refractivity contribution is -0.133. The molecule has 0 fully saturated rings. The Morgan fingerprint density at radius 3 is 2.15 bits per heavy atom. The highest BCUT2D eigenvalue weighted by molar-refractivity contribution is 7.80. The third-order valence-corrected chi connectivity index (χ3v) is 3.86. The SMILES string of the molecule is CCC(CC)N(CC(C)C)C(=O)Cc1ccc(S)cc1. The summed E-state index contributed by atoms with van der Waals surface area (Å²) in [5.41, 5.74) is 1.06. The molecule has 0 aliphatic carbocycles. The molecule has 112 valence electrons. The Hall–Kier alpha value is -0.960. The van der Waals surface area contributed by atoms with Crippen LogP contribution in [-0.2, 0) is 11.2 Å². The normalized spacial score (nSPS) is 11.2. The molecule has 1 aromatic rings. The fourth-order valence-corrected chi connectivity index (χ4v) is 2.62. The summed E-state index contributed by atoms with van der Waals surface area (Å²) in [6.07, 6.45) is 2.52. The minimum Gasteiger partial charge on any atom is -0.339 e. The monoisotopic (exact) mass is 293 g/mol. The van der Waals surface area contributed by atoms with Gasteiger partial charge < -0.3 is 4.90 Å². The van der Waals surface area contributed by atoms with Gasteiger partial charge >= 0.3 is 0 Å². The van der Waals surface area contributed by atoms with Crippen LogP contribution < -0.4 is 0 Å². The number of carbonyl (C=O) groups is 1. The second-order valence-corrected chi connectivity index (χ2v) is 6.27. The molecule has 0 heterocycles. The van der Waals surface area contributed by atoms with Gasteiger partial charge in [0.2, 0.25) is 5.91 Å². The molecule has 0 aliphatic rings. The maximum absolute atomic E-state index is 12.6. The van der Waals surface area contributed by atoms with E-state index in [1.807, 2.05) is 24.3 Å². The van der Waals surface area contributed by atoms with E-state index in [9.17, 15) is 4.79 Å². The zero-order chi connectivity index (χ0) is 15.1. The van der Waals surface area contributed by atoms with Crippen molar-refractivity contribution in [1.82, 2.24) is 4.90 Å². The van der Waals surface area contributed by atoms with Crippen molar-refractivity contribution in [3.05, 3.63) is 29.8 Å². The van der Waals surface area contributed by atoms with E-state index in [0.29, 0.717) is 18.4 Å². The summed E-state index contributed by atoms with van der Waals surface area (Å²) in [7, 11) is 0. The number of thiol groups is 1. The average molecular weight is 293 g/mol. The number of carbonyl (C=O) groups excluding carboxylic acids is 1. The van der Waals surface area contributed by atoms with Gasteiger partial charge in [-0.25, -0.2) is 0 Å². The fraction of sp³-hybridized carbons (Fsp3) is 0.588. The quantitative estimate of drug-likeness (QED) is 0.747. The van der Waals surface area contributed by atoms with Crippen molar-refractivity contribution in [2.24, 2.45) is 5.92 Å². The molecule has 0 saturated heterocycles. The highest BCUT2D eigenvalue weighted by atomic mass is 32.1. The van der Waals surface area contributed by atoms with Gasteiger partial charge in [0, 0.05) is 17.5 Å². The molecule has 1 amide bonds. The minimum atomic E-state index is 0.235. The van der Waals surface area contributed by atoms with Crippen molar-refractivity contribution in [2.45, 2.75) is 57.9 Å². The molecule has 1 rings (SSSR count). The van der Waals surface area contributed by atoms with Crippen molar-refractivity contribution >= 4 is 18.5 Å². The summed E-state index contributed by atoms with van der Waals surface area (Å²) in [6, 6.07) is 8.21. The first-order valence-electron chi connectivity index (χ1n) is 7.55. The second kappa shape index (κ2) is 8.35. The number of amides is 1. The van der Waals surface area contributed by atoms with Crippen molar-refractivity contribution in [3.8, 4) is 0 Å². The van der Waals surface area contributed by atoms with Crippen LogP contribution >= 0.6 is 12.6 Å². The number of benzene rings is 1. The summed E-state index contributed by atoms with van der Waals surface area (Å²) in [6.45, 7) is 9.49. The van der Waals surface area contributed by atoms with Gasteiger partial charge in [0.25, 0.3) is 0 Å². The Morgan fingerprint density at radius 1 is 1.15 bits per heavy atom. The molecule has 0 bridgehead atoms. The van der Waals surface area contributed by atoms with E-state index >= 15 is 0 Å². The number of nitrogens with zero attached hydrogens (tertiary/aromatic N) is 1. The molecule has 20 heavy (non-hydrogen) atoms. The van der Waals surface area contributed by atoms with E-state index in [2.05, 4.69) is 45.2 Å². The predicted octanol–water partition coefficient (Wildman–Crippen LogP) is 4.19. The van der Waals surface area contributed by atoms with E-state index < -0.39 is 0 Å². The van der Waals surface area contributed by atoms with Crippen LogP contribution in [0.4, 0.5) is 0 Å².